The minimum Gasteiger partial charge on any atom is -0.0764 e. The van der Waals surface area contributed by atoms with E-state index in [1.54, 1.807) is 16.7 Å². The van der Waals surface area contributed by atoms with Gasteiger partial charge in [0.2, 0.25) is 0 Å². The summed E-state index contributed by atoms with van der Waals surface area (Å²) in [5, 5.41) is 0. The van der Waals surface area contributed by atoms with Crippen LogP contribution in [0.3, 0.4) is 0 Å². The van der Waals surface area contributed by atoms with Crippen molar-refractivity contribution >= 4 is 6.08 Å². The Morgan fingerprint density at radius 3 is 2.55 bits per heavy atom. The number of benzene rings is 1. The fourth-order valence-electron chi connectivity index (χ4n) is 3.67. The Kier molecular flexibility index (Phi) is 6.26. The quantitative estimate of drug-likeness (QED) is 0.403. The molecule has 0 fully saturated rings. The van der Waals surface area contributed by atoms with Crippen LogP contribution in [0.25, 0.3) is 6.08 Å². The molecule has 1 atom stereocenters. The molecule has 1 aromatic rings. The maximum Gasteiger partial charge on any atom is 0.00273 e. The van der Waals surface area contributed by atoms with Gasteiger partial charge in [0.1, 0.15) is 0 Å². The number of allylic oxidation sites excluding steroid dienone is 1. The molecule has 2 aliphatic rings. The van der Waals surface area contributed by atoms with E-state index in [0.29, 0.717) is 5.92 Å². The van der Waals surface area contributed by atoms with Crippen molar-refractivity contribution in [3.05, 3.63) is 40.5 Å². The van der Waals surface area contributed by atoms with Crippen molar-refractivity contribution in [2.75, 3.05) is 0 Å². The molecule has 0 aliphatic heterocycles. The van der Waals surface area contributed by atoms with Gasteiger partial charge in [0.15, 0.2) is 0 Å². The van der Waals surface area contributed by atoms with Gasteiger partial charge in [-0.2, -0.15) is 0 Å². The van der Waals surface area contributed by atoms with E-state index >= 15 is 0 Å². The first-order valence-electron chi connectivity index (χ1n) is 8.22. The van der Waals surface area contributed by atoms with Crippen LogP contribution in [0.15, 0.2) is 18.2 Å². The van der Waals surface area contributed by atoms with Crippen molar-refractivity contribution in [1.29, 1.82) is 0 Å². The van der Waals surface area contributed by atoms with Gasteiger partial charge in [0, 0.05) is 31.8 Å². The summed E-state index contributed by atoms with van der Waals surface area (Å²) < 4.78 is 0. The molecule has 3 rings (SSSR count). The number of aryl methyl sites for hydroxylation is 2. The van der Waals surface area contributed by atoms with Crippen LogP contribution in [0.4, 0.5) is 0 Å². The van der Waals surface area contributed by atoms with Crippen molar-refractivity contribution in [3.63, 3.8) is 0 Å². The van der Waals surface area contributed by atoms with Crippen LogP contribution in [0.1, 0.15) is 80.0 Å². The monoisotopic (exact) mass is 434 g/mol. The SMILES string of the molecule is CCCCCCCC1C=Cc2cc3c(cc21)CCC3.[Hf]. The maximum atomic E-state index is 2.52. The third-order valence-corrected chi connectivity index (χ3v) is 4.82. The van der Waals surface area contributed by atoms with Gasteiger partial charge >= 0.3 is 0 Å². The predicted octanol–water partition coefficient (Wildman–Crippen LogP) is 5.64. The minimum atomic E-state index is 0. The summed E-state index contributed by atoms with van der Waals surface area (Å²) in [6.45, 7) is 2.29. The Labute approximate surface area is 142 Å². The van der Waals surface area contributed by atoms with Crippen LogP contribution in [-0.2, 0) is 38.7 Å². The van der Waals surface area contributed by atoms with Gasteiger partial charge in [-0.1, -0.05) is 63.3 Å². The van der Waals surface area contributed by atoms with Crippen LogP contribution in [-0.4, -0.2) is 0 Å². The first kappa shape index (κ1) is 16.2. The Bertz CT molecular complexity index is 473. The van der Waals surface area contributed by atoms with Gasteiger partial charge in [0.05, 0.1) is 0 Å². The Hall–Kier alpha value is -0.170. The summed E-state index contributed by atoms with van der Waals surface area (Å²) in [7, 11) is 0. The van der Waals surface area contributed by atoms with Crippen molar-refractivity contribution in [3.8, 4) is 0 Å². The van der Waals surface area contributed by atoms with E-state index in [2.05, 4.69) is 31.2 Å². The Morgan fingerprint density at radius 1 is 1.00 bits per heavy atom. The summed E-state index contributed by atoms with van der Waals surface area (Å²) in [6.07, 6.45) is 17.1. The summed E-state index contributed by atoms with van der Waals surface area (Å²) >= 11 is 0. The van der Waals surface area contributed by atoms with Crippen molar-refractivity contribution in [2.24, 2.45) is 0 Å². The molecular formula is C19H26Hf. The summed E-state index contributed by atoms with van der Waals surface area (Å²) in [5.74, 6) is 0.711. The minimum absolute atomic E-state index is 0. The molecule has 0 amide bonds. The van der Waals surface area contributed by atoms with Crippen LogP contribution in [0.2, 0.25) is 0 Å². The Morgan fingerprint density at radius 2 is 1.75 bits per heavy atom. The third-order valence-electron chi connectivity index (χ3n) is 4.82. The number of hydrogen-bond acceptors (Lipinski definition) is 0. The van der Waals surface area contributed by atoms with Crippen molar-refractivity contribution in [1.82, 2.24) is 0 Å². The van der Waals surface area contributed by atoms with Crippen LogP contribution in [0, 0.1) is 0 Å². The van der Waals surface area contributed by atoms with Gasteiger partial charge in [-0.25, -0.2) is 0 Å². The molecule has 0 radical (unpaired) electrons. The molecule has 0 N–H and O–H groups in total. The number of hydrogen-bond donors (Lipinski definition) is 0. The van der Waals surface area contributed by atoms with E-state index in [4.69, 9.17) is 0 Å². The summed E-state index contributed by atoms with van der Waals surface area (Å²) in [4.78, 5) is 0. The van der Waals surface area contributed by atoms with Gasteiger partial charge in [0.25, 0.3) is 0 Å². The van der Waals surface area contributed by atoms with Crippen LogP contribution in [0.5, 0.6) is 0 Å². The second-order valence-electron chi connectivity index (χ2n) is 6.27. The molecule has 0 saturated carbocycles. The van der Waals surface area contributed by atoms with Gasteiger partial charge in [-0.3, -0.25) is 0 Å². The molecule has 20 heavy (non-hydrogen) atoms. The average Bonchev–Trinajstić information content (AvgIpc) is 3.02. The fraction of sp³-hybridized carbons (Fsp3) is 0.579. The fourth-order valence-corrected chi connectivity index (χ4v) is 3.67. The first-order chi connectivity index (χ1) is 9.38. The zero-order valence-corrected chi connectivity index (χ0v) is 16.3. The molecule has 1 unspecified atom stereocenters. The van der Waals surface area contributed by atoms with E-state index in [9.17, 15) is 0 Å². The van der Waals surface area contributed by atoms with E-state index in [0.717, 1.165) is 0 Å². The summed E-state index contributed by atoms with van der Waals surface area (Å²) in [5.41, 5.74) is 6.39. The predicted molar refractivity (Wildman–Crippen MR) is 83.6 cm³/mol. The zero-order chi connectivity index (χ0) is 13.1. The number of fused-ring (bicyclic) bond motifs is 2. The molecule has 0 bridgehead atoms. The second-order valence-corrected chi connectivity index (χ2v) is 6.27. The van der Waals surface area contributed by atoms with Gasteiger partial charge < -0.3 is 0 Å². The van der Waals surface area contributed by atoms with Crippen LogP contribution >= 0.6 is 0 Å². The first-order valence-corrected chi connectivity index (χ1v) is 8.22. The molecule has 1 heteroatoms. The zero-order valence-electron chi connectivity index (χ0n) is 12.8. The van der Waals surface area contributed by atoms with E-state index in [1.165, 1.54) is 63.4 Å². The second kappa shape index (κ2) is 7.73. The third kappa shape index (κ3) is 3.53. The topological polar surface area (TPSA) is 0 Å². The van der Waals surface area contributed by atoms with Gasteiger partial charge in [-0.05, 0) is 47.9 Å². The molecule has 0 saturated heterocycles. The maximum absolute atomic E-state index is 2.52. The number of rotatable bonds is 6. The molecule has 2 aliphatic carbocycles. The average molecular weight is 433 g/mol. The molecule has 1 aromatic carbocycles. The summed E-state index contributed by atoms with van der Waals surface area (Å²) in [6, 6.07) is 4.99. The van der Waals surface area contributed by atoms with Crippen LogP contribution < -0.4 is 0 Å². The van der Waals surface area contributed by atoms with Crippen molar-refractivity contribution in [2.45, 2.75) is 70.6 Å². The Balaban J connectivity index is 0.00000147. The largest absolute Gasteiger partial charge is 0.0764 e. The normalized spacial score (nSPS) is 18.8. The standard InChI is InChI=1S/C19H26.Hf/c1-2-3-4-5-6-8-15-11-12-18-13-16-9-7-10-17(16)14-19(15)18;/h11-15H,2-10H2,1H3;. The van der Waals surface area contributed by atoms with Crippen molar-refractivity contribution < 1.29 is 25.8 Å². The van der Waals surface area contributed by atoms with Gasteiger partial charge in [-0.15, -0.1) is 0 Å². The van der Waals surface area contributed by atoms with E-state index in [-0.39, 0.29) is 25.8 Å². The molecule has 0 aromatic heterocycles. The smallest absolute Gasteiger partial charge is 0.00273 e. The molecular weight excluding hydrogens is 407 g/mol. The van der Waals surface area contributed by atoms with E-state index < -0.39 is 0 Å². The molecule has 0 nitrogen and oxygen atoms in total. The molecule has 0 spiro atoms. The molecule has 106 valence electrons. The van der Waals surface area contributed by atoms with E-state index in [1.807, 2.05) is 0 Å². The molecule has 0 heterocycles. The number of unbranched alkanes of at least 4 members (excludes halogenated alkanes) is 4.